The molecule has 0 atom stereocenters. The lowest BCUT2D eigenvalue weighted by molar-refractivity contribution is 0.735. The molecule has 0 saturated carbocycles. The third kappa shape index (κ3) is 3.45. The summed E-state index contributed by atoms with van der Waals surface area (Å²) in [6.07, 6.45) is 4.84. The molecular formula is C19H24N2. The predicted molar refractivity (Wildman–Crippen MR) is 89.6 cm³/mol. The molecule has 1 aliphatic carbocycles. The number of fused-ring (bicyclic) bond motifs is 1. The molecule has 0 aliphatic heterocycles. The molecule has 0 unspecified atom stereocenters. The van der Waals surface area contributed by atoms with Crippen molar-refractivity contribution in [3.63, 3.8) is 0 Å². The molecule has 0 amide bonds. The molecule has 21 heavy (non-hydrogen) atoms. The van der Waals surface area contributed by atoms with Crippen LogP contribution in [0.15, 0.2) is 48.5 Å². The zero-order valence-corrected chi connectivity index (χ0v) is 12.6. The lowest BCUT2D eigenvalue weighted by Crippen LogP contribution is -2.25. The van der Waals surface area contributed by atoms with Gasteiger partial charge in [-0.25, -0.2) is 0 Å². The number of nitrogens with two attached hydrogens (primary N) is 1. The Bertz CT molecular complexity index is 577. The van der Waals surface area contributed by atoms with E-state index >= 15 is 0 Å². The summed E-state index contributed by atoms with van der Waals surface area (Å²) in [6.45, 7) is 2.72. The standard InChI is InChI=1S/C19H24N2/c20-12-5-13-21(19-8-2-1-3-9-19)15-16-10-11-17-6-4-7-18(17)14-16/h1-3,8-11,14H,4-7,12-13,15,20H2. The summed E-state index contributed by atoms with van der Waals surface area (Å²) in [5.41, 5.74) is 11.5. The van der Waals surface area contributed by atoms with Crippen LogP contribution in [-0.4, -0.2) is 13.1 Å². The van der Waals surface area contributed by atoms with Crippen molar-refractivity contribution in [2.45, 2.75) is 32.2 Å². The Morgan fingerprint density at radius 2 is 1.76 bits per heavy atom. The first-order valence-electron chi connectivity index (χ1n) is 7.97. The second-order valence-electron chi connectivity index (χ2n) is 5.86. The number of benzene rings is 2. The molecule has 2 heteroatoms. The summed E-state index contributed by atoms with van der Waals surface area (Å²) in [5.74, 6) is 0. The van der Waals surface area contributed by atoms with E-state index in [0.717, 1.165) is 26.1 Å². The van der Waals surface area contributed by atoms with Gasteiger partial charge in [0.15, 0.2) is 0 Å². The third-order valence-corrected chi connectivity index (χ3v) is 4.29. The number of aryl methyl sites for hydroxylation is 2. The smallest absolute Gasteiger partial charge is 0.0429 e. The summed E-state index contributed by atoms with van der Waals surface area (Å²) in [7, 11) is 0. The second-order valence-corrected chi connectivity index (χ2v) is 5.86. The van der Waals surface area contributed by atoms with Gasteiger partial charge in [0.2, 0.25) is 0 Å². The molecule has 2 aromatic rings. The molecule has 0 radical (unpaired) electrons. The number of nitrogens with zero attached hydrogens (tertiary/aromatic N) is 1. The van der Waals surface area contributed by atoms with Crippen LogP contribution in [0.4, 0.5) is 5.69 Å². The molecule has 0 spiro atoms. The van der Waals surface area contributed by atoms with Crippen molar-refractivity contribution in [2.24, 2.45) is 5.73 Å². The van der Waals surface area contributed by atoms with Crippen molar-refractivity contribution in [1.29, 1.82) is 0 Å². The maximum absolute atomic E-state index is 5.70. The van der Waals surface area contributed by atoms with E-state index in [2.05, 4.69) is 53.4 Å². The summed E-state index contributed by atoms with van der Waals surface area (Å²) in [6, 6.07) is 17.7. The number of hydrogen-bond acceptors (Lipinski definition) is 2. The molecular weight excluding hydrogens is 256 g/mol. The van der Waals surface area contributed by atoms with Crippen LogP contribution in [0.2, 0.25) is 0 Å². The SMILES string of the molecule is NCCCN(Cc1ccc2c(c1)CCC2)c1ccccc1. The lowest BCUT2D eigenvalue weighted by atomic mass is 10.1. The molecule has 0 aromatic heterocycles. The molecule has 2 aromatic carbocycles. The quantitative estimate of drug-likeness (QED) is 0.877. The zero-order valence-electron chi connectivity index (χ0n) is 12.6. The minimum Gasteiger partial charge on any atom is -0.367 e. The minimum absolute atomic E-state index is 0.744. The highest BCUT2D eigenvalue weighted by Gasteiger charge is 2.12. The van der Waals surface area contributed by atoms with Crippen LogP contribution in [0, 0.1) is 0 Å². The van der Waals surface area contributed by atoms with Crippen LogP contribution in [0.1, 0.15) is 29.5 Å². The maximum Gasteiger partial charge on any atom is 0.0429 e. The van der Waals surface area contributed by atoms with Gasteiger partial charge in [-0.3, -0.25) is 0 Å². The van der Waals surface area contributed by atoms with Gasteiger partial charge in [-0.1, -0.05) is 36.4 Å². The van der Waals surface area contributed by atoms with Crippen LogP contribution in [-0.2, 0) is 19.4 Å². The van der Waals surface area contributed by atoms with E-state index in [4.69, 9.17) is 5.73 Å². The van der Waals surface area contributed by atoms with E-state index in [0.29, 0.717) is 0 Å². The first-order chi connectivity index (χ1) is 10.4. The van der Waals surface area contributed by atoms with Gasteiger partial charge in [0.25, 0.3) is 0 Å². The summed E-state index contributed by atoms with van der Waals surface area (Å²) in [4.78, 5) is 2.43. The summed E-state index contributed by atoms with van der Waals surface area (Å²) >= 11 is 0. The Morgan fingerprint density at radius 3 is 2.57 bits per heavy atom. The Morgan fingerprint density at radius 1 is 0.952 bits per heavy atom. The summed E-state index contributed by atoms with van der Waals surface area (Å²) in [5, 5.41) is 0. The average molecular weight is 280 g/mol. The highest BCUT2D eigenvalue weighted by atomic mass is 15.1. The van der Waals surface area contributed by atoms with Gasteiger partial charge in [-0.2, -0.15) is 0 Å². The molecule has 0 fully saturated rings. The van der Waals surface area contributed by atoms with E-state index in [-0.39, 0.29) is 0 Å². The monoisotopic (exact) mass is 280 g/mol. The number of hydrogen-bond donors (Lipinski definition) is 1. The largest absolute Gasteiger partial charge is 0.367 e. The fourth-order valence-electron chi connectivity index (χ4n) is 3.16. The van der Waals surface area contributed by atoms with Crippen molar-refractivity contribution in [3.8, 4) is 0 Å². The van der Waals surface area contributed by atoms with Gasteiger partial charge < -0.3 is 10.6 Å². The van der Waals surface area contributed by atoms with Gasteiger partial charge in [-0.05, 0) is 61.1 Å². The van der Waals surface area contributed by atoms with Gasteiger partial charge in [0.1, 0.15) is 0 Å². The fraction of sp³-hybridized carbons (Fsp3) is 0.368. The van der Waals surface area contributed by atoms with Crippen LogP contribution < -0.4 is 10.6 Å². The topological polar surface area (TPSA) is 29.3 Å². The highest BCUT2D eigenvalue weighted by Crippen LogP contribution is 2.24. The first-order valence-corrected chi connectivity index (χ1v) is 7.97. The Hall–Kier alpha value is -1.80. The summed E-state index contributed by atoms with van der Waals surface area (Å²) < 4.78 is 0. The van der Waals surface area contributed by atoms with E-state index in [1.165, 1.54) is 30.5 Å². The van der Waals surface area contributed by atoms with Gasteiger partial charge in [0, 0.05) is 18.8 Å². The van der Waals surface area contributed by atoms with Gasteiger partial charge >= 0.3 is 0 Å². The number of para-hydroxylation sites is 1. The fourth-order valence-corrected chi connectivity index (χ4v) is 3.16. The minimum atomic E-state index is 0.744. The van der Waals surface area contributed by atoms with E-state index in [1.807, 2.05) is 0 Å². The van der Waals surface area contributed by atoms with E-state index in [9.17, 15) is 0 Å². The van der Waals surface area contributed by atoms with Crippen LogP contribution in [0.25, 0.3) is 0 Å². The normalized spacial score (nSPS) is 13.2. The lowest BCUT2D eigenvalue weighted by Gasteiger charge is -2.25. The number of anilines is 1. The van der Waals surface area contributed by atoms with Crippen molar-refractivity contribution in [3.05, 3.63) is 65.2 Å². The molecule has 0 bridgehead atoms. The van der Waals surface area contributed by atoms with Crippen molar-refractivity contribution in [1.82, 2.24) is 0 Å². The Kier molecular flexibility index (Phi) is 4.56. The first kappa shape index (κ1) is 14.2. The molecule has 0 saturated heterocycles. The average Bonchev–Trinajstić information content (AvgIpc) is 3.00. The molecule has 0 heterocycles. The highest BCUT2D eigenvalue weighted by molar-refractivity contribution is 5.47. The van der Waals surface area contributed by atoms with Crippen molar-refractivity contribution >= 4 is 5.69 Å². The molecule has 2 N–H and O–H groups in total. The molecule has 2 nitrogen and oxygen atoms in total. The van der Waals surface area contributed by atoms with Crippen LogP contribution in [0.3, 0.4) is 0 Å². The van der Waals surface area contributed by atoms with Gasteiger partial charge in [0.05, 0.1) is 0 Å². The van der Waals surface area contributed by atoms with E-state index in [1.54, 1.807) is 11.1 Å². The van der Waals surface area contributed by atoms with Crippen molar-refractivity contribution < 1.29 is 0 Å². The predicted octanol–water partition coefficient (Wildman–Crippen LogP) is 3.53. The van der Waals surface area contributed by atoms with E-state index < -0.39 is 0 Å². The third-order valence-electron chi connectivity index (χ3n) is 4.29. The van der Waals surface area contributed by atoms with Crippen molar-refractivity contribution in [2.75, 3.05) is 18.0 Å². The Labute approximate surface area is 127 Å². The Balaban J connectivity index is 1.77. The van der Waals surface area contributed by atoms with Gasteiger partial charge in [-0.15, -0.1) is 0 Å². The maximum atomic E-state index is 5.70. The molecule has 1 aliphatic rings. The van der Waals surface area contributed by atoms with Crippen LogP contribution >= 0.6 is 0 Å². The van der Waals surface area contributed by atoms with Crippen LogP contribution in [0.5, 0.6) is 0 Å². The molecule has 3 rings (SSSR count). The molecule has 110 valence electrons. The number of rotatable bonds is 6. The zero-order chi connectivity index (χ0) is 14.5. The second kappa shape index (κ2) is 6.77.